The van der Waals surface area contributed by atoms with Gasteiger partial charge in [0.05, 0.1) is 5.56 Å². The molecule has 0 saturated carbocycles. The quantitative estimate of drug-likeness (QED) is 0.499. The smallest absolute Gasteiger partial charge is 0.135 e. The number of H-pyrrole nitrogens is 1. The van der Waals surface area contributed by atoms with Gasteiger partial charge >= 0.3 is 0 Å². The summed E-state index contributed by atoms with van der Waals surface area (Å²) in [6, 6.07) is 11.6. The first-order chi connectivity index (χ1) is 12.1. The first-order valence-corrected chi connectivity index (χ1v) is 8.89. The van der Waals surface area contributed by atoms with Gasteiger partial charge in [0.15, 0.2) is 0 Å². The van der Waals surface area contributed by atoms with Crippen LogP contribution in [0.4, 0.5) is 0 Å². The molecule has 0 atom stereocenters. The molecule has 25 heavy (non-hydrogen) atoms. The van der Waals surface area contributed by atoms with Crippen LogP contribution in [0, 0.1) is 6.92 Å². The minimum atomic E-state index is 0.133. The van der Waals surface area contributed by atoms with Crippen molar-refractivity contribution in [3.8, 4) is 33.8 Å². The van der Waals surface area contributed by atoms with Crippen LogP contribution in [0.5, 0.6) is 11.5 Å². The summed E-state index contributed by atoms with van der Waals surface area (Å²) >= 11 is 0. The Morgan fingerprint density at radius 1 is 0.960 bits per heavy atom. The normalized spacial score (nSPS) is 11.0. The van der Waals surface area contributed by atoms with E-state index in [-0.39, 0.29) is 11.5 Å². The van der Waals surface area contributed by atoms with E-state index in [1.54, 1.807) is 0 Å². The van der Waals surface area contributed by atoms with Gasteiger partial charge in [0.2, 0.25) is 0 Å². The monoisotopic (exact) mass is 335 g/mol. The second-order valence-corrected chi connectivity index (χ2v) is 6.58. The number of hydrogen-bond donors (Lipinski definition) is 3. The van der Waals surface area contributed by atoms with Gasteiger partial charge in [0.1, 0.15) is 11.5 Å². The Morgan fingerprint density at radius 2 is 1.80 bits per heavy atom. The highest BCUT2D eigenvalue weighted by molar-refractivity contribution is 5.87. The number of unbranched alkanes of at least 4 members (excludes halogenated alkanes) is 2. The third-order valence-electron chi connectivity index (χ3n) is 4.60. The maximum Gasteiger partial charge on any atom is 0.135 e. The molecule has 0 aliphatic rings. The minimum Gasteiger partial charge on any atom is -0.507 e. The van der Waals surface area contributed by atoms with Crippen molar-refractivity contribution in [3.05, 3.63) is 59.9 Å². The molecule has 3 N–H and O–H groups in total. The van der Waals surface area contributed by atoms with Crippen molar-refractivity contribution >= 4 is 0 Å². The fourth-order valence-electron chi connectivity index (χ4n) is 3.36. The summed E-state index contributed by atoms with van der Waals surface area (Å²) in [6.07, 6.45) is 7.88. The largest absolute Gasteiger partial charge is 0.507 e. The minimum absolute atomic E-state index is 0.133. The molecule has 0 radical (unpaired) electrons. The molecule has 0 unspecified atom stereocenters. The van der Waals surface area contributed by atoms with Gasteiger partial charge < -0.3 is 15.2 Å². The zero-order valence-corrected chi connectivity index (χ0v) is 14.8. The van der Waals surface area contributed by atoms with Gasteiger partial charge in [-0.1, -0.05) is 49.6 Å². The lowest BCUT2D eigenvalue weighted by molar-refractivity contribution is 0.454. The van der Waals surface area contributed by atoms with Gasteiger partial charge in [-0.15, -0.1) is 0 Å². The molecule has 1 heterocycles. The van der Waals surface area contributed by atoms with E-state index in [1.165, 1.54) is 0 Å². The van der Waals surface area contributed by atoms with Gasteiger partial charge in [-0.05, 0) is 43.0 Å². The number of benzene rings is 2. The molecule has 0 amide bonds. The topological polar surface area (TPSA) is 56.2 Å². The predicted molar refractivity (Wildman–Crippen MR) is 103 cm³/mol. The van der Waals surface area contributed by atoms with Crippen molar-refractivity contribution in [1.29, 1.82) is 0 Å². The van der Waals surface area contributed by atoms with Crippen molar-refractivity contribution in [2.45, 2.75) is 39.5 Å². The summed E-state index contributed by atoms with van der Waals surface area (Å²) in [4.78, 5) is 3.06. The Labute approximate surface area is 149 Å². The van der Waals surface area contributed by atoms with Gasteiger partial charge in [-0.25, -0.2) is 0 Å². The highest BCUT2D eigenvalue weighted by Gasteiger charge is 2.20. The predicted octanol–water partition coefficient (Wildman–Crippen LogP) is 5.80. The molecule has 0 aliphatic carbocycles. The standard InChI is InChI=1S/C22H25NO2/c1-3-4-5-8-17-13-19(24)21(16-9-6-7-15(2)12-16)22(25)20(17)18-10-11-23-14-18/h6-7,9-14,23-25H,3-5,8H2,1-2H3. The van der Waals surface area contributed by atoms with Crippen LogP contribution in [0.15, 0.2) is 48.8 Å². The van der Waals surface area contributed by atoms with E-state index in [0.717, 1.165) is 53.5 Å². The number of aromatic nitrogens is 1. The second kappa shape index (κ2) is 7.47. The van der Waals surface area contributed by atoms with Crippen molar-refractivity contribution < 1.29 is 10.2 Å². The van der Waals surface area contributed by atoms with Crippen LogP contribution < -0.4 is 0 Å². The lowest BCUT2D eigenvalue weighted by Crippen LogP contribution is -1.94. The Balaban J connectivity index is 2.17. The summed E-state index contributed by atoms with van der Waals surface area (Å²) in [5, 5.41) is 21.7. The number of nitrogens with one attached hydrogen (secondary N) is 1. The molecule has 0 saturated heterocycles. The van der Waals surface area contributed by atoms with Crippen molar-refractivity contribution in [2.75, 3.05) is 0 Å². The van der Waals surface area contributed by atoms with Crippen LogP contribution >= 0.6 is 0 Å². The SMILES string of the molecule is CCCCCc1cc(O)c(-c2cccc(C)c2)c(O)c1-c1cc[nH]c1. The molecule has 130 valence electrons. The lowest BCUT2D eigenvalue weighted by Gasteiger charge is -2.17. The number of phenols is 2. The first-order valence-electron chi connectivity index (χ1n) is 8.89. The third kappa shape index (κ3) is 3.55. The fourth-order valence-corrected chi connectivity index (χ4v) is 3.36. The van der Waals surface area contributed by atoms with Crippen LogP contribution in [0.1, 0.15) is 37.3 Å². The van der Waals surface area contributed by atoms with Crippen molar-refractivity contribution in [2.24, 2.45) is 0 Å². The van der Waals surface area contributed by atoms with E-state index in [2.05, 4.69) is 11.9 Å². The van der Waals surface area contributed by atoms with E-state index in [4.69, 9.17) is 0 Å². The van der Waals surface area contributed by atoms with Crippen LogP contribution in [-0.2, 0) is 6.42 Å². The van der Waals surface area contributed by atoms with E-state index in [1.807, 2.05) is 55.7 Å². The van der Waals surface area contributed by atoms with Gasteiger partial charge in [-0.3, -0.25) is 0 Å². The average molecular weight is 335 g/mol. The first kappa shape index (κ1) is 17.2. The second-order valence-electron chi connectivity index (χ2n) is 6.58. The number of aromatic amines is 1. The number of aryl methyl sites for hydroxylation is 2. The molecule has 3 aromatic rings. The average Bonchev–Trinajstić information content (AvgIpc) is 3.09. The van der Waals surface area contributed by atoms with E-state index < -0.39 is 0 Å². The molecular weight excluding hydrogens is 310 g/mol. The molecule has 3 nitrogen and oxygen atoms in total. The van der Waals surface area contributed by atoms with Gasteiger partial charge in [0, 0.05) is 23.5 Å². The summed E-state index contributed by atoms with van der Waals surface area (Å²) in [6.45, 7) is 4.17. The fraction of sp³-hybridized carbons (Fsp3) is 0.273. The van der Waals surface area contributed by atoms with Crippen LogP contribution in [0.3, 0.4) is 0 Å². The summed E-state index contributed by atoms with van der Waals surface area (Å²) in [7, 11) is 0. The summed E-state index contributed by atoms with van der Waals surface area (Å²) < 4.78 is 0. The Kier molecular flexibility index (Phi) is 5.13. The molecule has 0 spiro atoms. The van der Waals surface area contributed by atoms with Crippen LogP contribution in [0.25, 0.3) is 22.3 Å². The van der Waals surface area contributed by atoms with Crippen LogP contribution in [0.2, 0.25) is 0 Å². The molecule has 0 aliphatic heterocycles. The summed E-state index contributed by atoms with van der Waals surface area (Å²) in [5.74, 6) is 0.283. The van der Waals surface area contributed by atoms with E-state index in [0.29, 0.717) is 5.56 Å². The zero-order valence-electron chi connectivity index (χ0n) is 14.8. The maximum atomic E-state index is 11.0. The molecule has 1 aromatic heterocycles. The van der Waals surface area contributed by atoms with Crippen LogP contribution in [-0.4, -0.2) is 15.2 Å². The summed E-state index contributed by atoms with van der Waals surface area (Å²) in [5.41, 5.74) is 5.15. The highest BCUT2D eigenvalue weighted by Crippen LogP contribution is 2.46. The third-order valence-corrected chi connectivity index (χ3v) is 4.60. The maximum absolute atomic E-state index is 11.0. The Bertz CT molecular complexity index is 851. The lowest BCUT2D eigenvalue weighted by atomic mass is 9.90. The van der Waals surface area contributed by atoms with Gasteiger partial charge in [-0.2, -0.15) is 0 Å². The van der Waals surface area contributed by atoms with Crippen molar-refractivity contribution in [3.63, 3.8) is 0 Å². The highest BCUT2D eigenvalue weighted by atomic mass is 16.3. The van der Waals surface area contributed by atoms with Gasteiger partial charge in [0.25, 0.3) is 0 Å². The molecular formula is C22H25NO2. The number of phenolic OH excluding ortho intramolecular Hbond substituents is 2. The number of rotatable bonds is 6. The molecule has 0 fully saturated rings. The molecule has 0 bridgehead atoms. The Morgan fingerprint density at radius 3 is 2.48 bits per heavy atom. The van der Waals surface area contributed by atoms with Crippen molar-refractivity contribution in [1.82, 2.24) is 4.98 Å². The molecule has 3 heteroatoms. The zero-order chi connectivity index (χ0) is 17.8. The molecule has 2 aromatic carbocycles. The van der Waals surface area contributed by atoms with E-state index in [9.17, 15) is 10.2 Å². The number of aromatic hydroxyl groups is 2. The number of hydrogen-bond acceptors (Lipinski definition) is 2. The molecule has 3 rings (SSSR count). The van der Waals surface area contributed by atoms with E-state index >= 15 is 0 Å². The Hall–Kier alpha value is -2.68.